The van der Waals surface area contributed by atoms with Crippen molar-refractivity contribution in [3.05, 3.63) is 0 Å². The zero-order chi connectivity index (χ0) is 11.4. The van der Waals surface area contributed by atoms with E-state index in [-0.39, 0.29) is 12.8 Å². The molecular formula is C6H10F3NO3S. The Morgan fingerprint density at radius 2 is 2.00 bits per heavy atom. The summed E-state index contributed by atoms with van der Waals surface area (Å²) in [6, 6.07) is 0. The van der Waals surface area contributed by atoms with E-state index in [1.807, 2.05) is 0 Å². The molecule has 0 amide bonds. The van der Waals surface area contributed by atoms with Gasteiger partial charge in [0.25, 0.3) is 0 Å². The molecule has 0 aromatic rings. The summed E-state index contributed by atoms with van der Waals surface area (Å²) in [5.74, 6) is -1.55. The molecule has 0 aliphatic rings. The maximum atomic E-state index is 11.9. The molecule has 84 valence electrons. The lowest BCUT2D eigenvalue weighted by molar-refractivity contribution is -0.140. The fourth-order valence-electron chi connectivity index (χ4n) is 0.638. The van der Waals surface area contributed by atoms with E-state index in [0.717, 1.165) is 7.11 Å². The van der Waals surface area contributed by atoms with Gasteiger partial charge in [0.2, 0.25) is 0 Å². The second-order valence-electron chi connectivity index (χ2n) is 2.50. The predicted octanol–water partition coefficient (Wildman–Crippen LogP) is 1.51. The van der Waals surface area contributed by atoms with E-state index in [1.54, 1.807) is 0 Å². The van der Waals surface area contributed by atoms with E-state index in [1.165, 1.54) is 0 Å². The average Bonchev–Trinajstić information content (AvgIpc) is 2.01. The van der Waals surface area contributed by atoms with Crippen LogP contribution in [0.5, 0.6) is 0 Å². The lowest BCUT2D eigenvalue weighted by Gasteiger charge is -2.09. The van der Waals surface area contributed by atoms with Gasteiger partial charge >= 0.3 is 11.5 Å². The number of rotatable bonds is 4. The van der Waals surface area contributed by atoms with Crippen LogP contribution in [0, 0.1) is 4.78 Å². The Balaban J connectivity index is 4.10. The first-order chi connectivity index (χ1) is 6.20. The van der Waals surface area contributed by atoms with Crippen molar-refractivity contribution in [3.8, 4) is 0 Å². The largest absolute Gasteiger partial charge is 0.479 e. The van der Waals surface area contributed by atoms with Crippen molar-refractivity contribution in [2.75, 3.05) is 12.9 Å². The summed E-state index contributed by atoms with van der Waals surface area (Å²) in [5.41, 5.74) is -5.02. The van der Waals surface area contributed by atoms with E-state index in [2.05, 4.69) is 4.74 Å². The van der Waals surface area contributed by atoms with Gasteiger partial charge in [-0.3, -0.25) is 4.79 Å². The molecule has 0 heterocycles. The van der Waals surface area contributed by atoms with Crippen LogP contribution < -0.4 is 0 Å². The van der Waals surface area contributed by atoms with E-state index in [4.69, 9.17) is 4.78 Å². The van der Waals surface area contributed by atoms with Crippen LogP contribution >= 0.6 is 0 Å². The Morgan fingerprint density at radius 3 is 2.36 bits per heavy atom. The Kier molecular flexibility index (Phi) is 4.37. The van der Waals surface area contributed by atoms with E-state index in [0.29, 0.717) is 0 Å². The van der Waals surface area contributed by atoms with Gasteiger partial charge in [0.05, 0.1) is 7.11 Å². The summed E-state index contributed by atoms with van der Waals surface area (Å²) in [6.07, 6.45) is -0.531. The van der Waals surface area contributed by atoms with Crippen LogP contribution in [0.2, 0.25) is 0 Å². The smallest absolute Gasteiger partial charge is 0.469 e. The number of esters is 1. The van der Waals surface area contributed by atoms with Crippen molar-refractivity contribution < 1.29 is 26.9 Å². The summed E-state index contributed by atoms with van der Waals surface area (Å²) in [6.45, 7) is 0. The van der Waals surface area contributed by atoms with Crippen LogP contribution in [0.3, 0.4) is 0 Å². The lowest BCUT2D eigenvalue weighted by atomic mass is 10.3. The number of carbonyl (C=O) groups excluding carboxylic acids is 1. The lowest BCUT2D eigenvalue weighted by Crippen LogP contribution is -2.25. The van der Waals surface area contributed by atoms with E-state index >= 15 is 0 Å². The maximum Gasteiger partial charge on any atom is 0.479 e. The molecule has 0 aliphatic carbocycles. The van der Waals surface area contributed by atoms with Gasteiger partial charge in [-0.1, -0.05) is 0 Å². The molecule has 1 N–H and O–H groups in total. The van der Waals surface area contributed by atoms with Crippen molar-refractivity contribution in [2.45, 2.75) is 18.3 Å². The monoisotopic (exact) mass is 233 g/mol. The van der Waals surface area contributed by atoms with Gasteiger partial charge in [0.15, 0.2) is 0 Å². The van der Waals surface area contributed by atoms with Crippen molar-refractivity contribution in [1.82, 2.24) is 0 Å². The highest BCUT2D eigenvalue weighted by molar-refractivity contribution is 7.93. The summed E-state index contributed by atoms with van der Waals surface area (Å²) < 4.78 is 57.0. The molecule has 1 atom stereocenters. The topological polar surface area (TPSA) is 67.2 Å². The molecule has 1 unspecified atom stereocenters. The number of hydrogen-bond acceptors (Lipinski definition) is 4. The fourth-order valence-corrected chi connectivity index (χ4v) is 1.42. The van der Waals surface area contributed by atoms with Gasteiger partial charge in [0.1, 0.15) is 9.73 Å². The van der Waals surface area contributed by atoms with Crippen molar-refractivity contribution in [2.24, 2.45) is 0 Å². The van der Waals surface area contributed by atoms with Crippen molar-refractivity contribution in [1.29, 1.82) is 4.78 Å². The minimum atomic E-state index is -5.02. The molecule has 0 fully saturated rings. The number of nitrogens with one attached hydrogen (secondary N) is 1. The van der Waals surface area contributed by atoms with Gasteiger partial charge in [-0.2, -0.15) is 13.2 Å². The maximum absolute atomic E-state index is 11.9. The molecule has 0 saturated heterocycles. The highest BCUT2D eigenvalue weighted by Gasteiger charge is 2.41. The molecule has 0 aromatic carbocycles. The van der Waals surface area contributed by atoms with Crippen LogP contribution in [0.4, 0.5) is 13.2 Å². The number of hydrogen-bond donors (Lipinski definition) is 1. The minimum absolute atomic E-state index is 0.261. The number of carbonyl (C=O) groups is 1. The molecule has 0 aromatic heterocycles. The Hall–Kier alpha value is -0.790. The standard InChI is InChI=1S/C6H10F3NO3S/c1-13-5(11)3-2-4-14(10,12)6(7,8)9/h10H,2-4H2,1H3. The van der Waals surface area contributed by atoms with Gasteiger partial charge in [-0.25, -0.2) is 8.99 Å². The molecule has 0 spiro atoms. The highest BCUT2D eigenvalue weighted by atomic mass is 32.2. The first-order valence-electron chi connectivity index (χ1n) is 3.60. The molecule has 4 nitrogen and oxygen atoms in total. The third-order valence-corrected chi connectivity index (χ3v) is 3.03. The van der Waals surface area contributed by atoms with Gasteiger partial charge in [-0.05, 0) is 6.42 Å². The summed E-state index contributed by atoms with van der Waals surface area (Å²) >= 11 is 0. The van der Waals surface area contributed by atoms with Crippen LogP contribution in [-0.2, 0) is 19.3 Å². The third-order valence-electron chi connectivity index (χ3n) is 1.41. The SMILES string of the molecule is COC(=O)CCCS(=N)(=O)C(F)(F)F. The normalized spacial score (nSPS) is 16.0. The molecule has 0 saturated carbocycles. The third kappa shape index (κ3) is 3.95. The minimum Gasteiger partial charge on any atom is -0.469 e. The molecule has 0 bridgehead atoms. The molecule has 0 aliphatic heterocycles. The van der Waals surface area contributed by atoms with Crippen LogP contribution in [-0.4, -0.2) is 28.5 Å². The van der Waals surface area contributed by atoms with Gasteiger partial charge < -0.3 is 4.74 Å². The van der Waals surface area contributed by atoms with Crippen LogP contribution in [0.15, 0.2) is 0 Å². The Bertz CT molecular complexity index is 296. The molecular weight excluding hydrogens is 223 g/mol. The molecule has 0 rings (SSSR count). The Labute approximate surface area is 79.4 Å². The van der Waals surface area contributed by atoms with E-state index < -0.39 is 27.0 Å². The van der Waals surface area contributed by atoms with Gasteiger partial charge in [0, 0.05) is 12.2 Å². The van der Waals surface area contributed by atoms with Crippen molar-refractivity contribution in [3.63, 3.8) is 0 Å². The van der Waals surface area contributed by atoms with E-state index in [9.17, 15) is 22.2 Å². The predicted molar refractivity (Wildman–Crippen MR) is 43.0 cm³/mol. The van der Waals surface area contributed by atoms with Crippen LogP contribution in [0.25, 0.3) is 0 Å². The number of alkyl halides is 3. The number of methoxy groups -OCH3 is 1. The zero-order valence-electron chi connectivity index (χ0n) is 7.39. The fraction of sp³-hybridized carbons (Fsp3) is 0.833. The number of ether oxygens (including phenoxy) is 1. The quantitative estimate of drug-likeness (QED) is 0.748. The van der Waals surface area contributed by atoms with Crippen molar-refractivity contribution >= 4 is 15.7 Å². The second-order valence-corrected chi connectivity index (χ2v) is 4.73. The first-order valence-corrected chi connectivity index (χ1v) is 5.33. The Morgan fingerprint density at radius 1 is 1.50 bits per heavy atom. The summed E-state index contributed by atoms with van der Waals surface area (Å²) in [7, 11) is -3.51. The number of halogens is 3. The molecule has 0 radical (unpaired) electrons. The summed E-state index contributed by atoms with van der Waals surface area (Å²) in [4.78, 5) is 10.5. The molecule has 14 heavy (non-hydrogen) atoms. The highest BCUT2D eigenvalue weighted by Crippen LogP contribution is 2.25. The van der Waals surface area contributed by atoms with Crippen LogP contribution in [0.1, 0.15) is 12.8 Å². The zero-order valence-corrected chi connectivity index (χ0v) is 8.20. The average molecular weight is 233 g/mol. The summed E-state index contributed by atoms with van der Waals surface area (Å²) in [5, 5.41) is 0. The van der Waals surface area contributed by atoms with Gasteiger partial charge in [-0.15, -0.1) is 0 Å². The molecule has 8 heteroatoms. The first kappa shape index (κ1) is 13.2. The second kappa shape index (κ2) is 4.63.